The summed E-state index contributed by atoms with van der Waals surface area (Å²) < 4.78 is 44.2. The van der Waals surface area contributed by atoms with E-state index < -0.39 is 11.7 Å². The van der Waals surface area contributed by atoms with Gasteiger partial charge in [0.25, 0.3) is 0 Å². The van der Waals surface area contributed by atoms with Crippen LogP contribution in [0.25, 0.3) is 0 Å². The van der Waals surface area contributed by atoms with Gasteiger partial charge in [0.15, 0.2) is 0 Å². The molecule has 28 heavy (non-hydrogen) atoms. The number of nitrogens with zero attached hydrogens (tertiary/aromatic N) is 3. The molecule has 0 saturated carbocycles. The maximum absolute atomic E-state index is 12.8. The second-order valence-electron chi connectivity index (χ2n) is 7.21. The van der Waals surface area contributed by atoms with Crippen molar-refractivity contribution in [1.82, 2.24) is 4.98 Å². The van der Waals surface area contributed by atoms with E-state index in [0.717, 1.165) is 49.1 Å². The molecule has 1 aliphatic carbocycles. The summed E-state index contributed by atoms with van der Waals surface area (Å²) in [5.41, 5.74) is 2.77. The summed E-state index contributed by atoms with van der Waals surface area (Å²) in [7, 11) is 0. The molecule has 1 fully saturated rings. The molecule has 0 radical (unpaired) electrons. The highest BCUT2D eigenvalue weighted by Gasteiger charge is 2.31. The number of hydrogen-bond acceptors (Lipinski definition) is 4. The van der Waals surface area contributed by atoms with Crippen LogP contribution in [0.1, 0.15) is 46.9 Å². The molecule has 1 aliphatic heterocycles. The number of halogens is 3. The van der Waals surface area contributed by atoms with Gasteiger partial charge in [-0.1, -0.05) is 12.1 Å². The van der Waals surface area contributed by atoms with Gasteiger partial charge in [-0.25, -0.2) is 4.98 Å². The van der Waals surface area contributed by atoms with Gasteiger partial charge in [0.2, 0.25) is 0 Å². The molecule has 0 bridgehead atoms. The van der Waals surface area contributed by atoms with E-state index in [-0.39, 0.29) is 6.10 Å². The minimum atomic E-state index is -4.35. The van der Waals surface area contributed by atoms with Gasteiger partial charge in [-0.15, -0.1) is 0 Å². The summed E-state index contributed by atoms with van der Waals surface area (Å²) in [4.78, 5) is 6.79. The van der Waals surface area contributed by atoms with Gasteiger partial charge in [0.05, 0.1) is 17.7 Å². The van der Waals surface area contributed by atoms with Crippen LogP contribution in [0.3, 0.4) is 0 Å². The zero-order chi connectivity index (χ0) is 19.7. The SMILES string of the molecule is N#Cc1cc2c(nc1N1CCOC(c3ccc(C(F)(F)F)cc3)C1)CCCC2. The van der Waals surface area contributed by atoms with E-state index in [1.165, 1.54) is 12.1 Å². The molecular formula is C21H20F3N3O. The van der Waals surface area contributed by atoms with Crippen LogP contribution in [0.15, 0.2) is 30.3 Å². The lowest BCUT2D eigenvalue weighted by atomic mass is 9.94. The number of ether oxygens (including phenoxy) is 1. The fourth-order valence-corrected chi connectivity index (χ4v) is 3.88. The molecule has 1 aromatic carbocycles. The molecule has 1 unspecified atom stereocenters. The summed E-state index contributed by atoms with van der Waals surface area (Å²) in [6.07, 6.45) is -0.627. The lowest BCUT2D eigenvalue weighted by Crippen LogP contribution is -2.39. The Balaban J connectivity index is 1.58. The molecule has 2 aromatic rings. The Morgan fingerprint density at radius 3 is 2.61 bits per heavy atom. The second-order valence-corrected chi connectivity index (χ2v) is 7.21. The Morgan fingerprint density at radius 1 is 1.14 bits per heavy atom. The number of anilines is 1. The van der Waals surface area contributed by atoms with Crippen LogP contribution >= 0.6 is 0 Å². The van der Waals surface area contributed by atoms with Crippen LogP contribution in [-0.2, 0) is 23.8 Å². The van der Waals surface area contributed by atoms with Crippen LogP contribution in [0.5, 0.6) is 0 Å². The molecular weight excluding hydrogens is 367 g/mol. The molecule has 146 valence electrons. The molecule has 2 aliphatic rings. The maximum Gasteiger partial charge on any atom is 0.416 e. The minimum absolute atomic E-state index is 0.361. The van der Waals surface area contributed by atoms with Gasteiger partial charge in [0.1, 0.15) is 18.0 Å². The molecule has 0 spiro atoms. The summed E-state index contributed by atoms with van der Waals surface area (Å²) in [5.74, 6) is 0.656. The van der Waals surface area contributed by atoms with Crippen molar-refractivity contribution in [3.05, 3.63) is 58.3 Å². The molecule has 0 N–H and O–H groups in total. The number of alkyl halides is 3. The van der Waals surface area contributed by atoms with Crippen molar-refractivity contribution < 1.29 is 17.9 Å². The predicted molar refractivity (Wildman–Crippen MR) is 97.9 cm³/mol. The zero-order valence-electron chi connectivity index (χ0n) is 15.3. The van der Waals surface area contributed by atoms with Crippen LogP contribution in [0, 0.1) is 11.3 Å². The highest BCUT2D eigenvalue weighted by Crippen LogP contribution is 2.33. The largest absolute Gasteiger partial charge is 0.416 e. The zero-order valence-corrected chi connectivity index (χ0v) is 15.3. The first kappa shape index (κ1) is 18.8. The summed E-state index contributed by atoms with van der Waals surface area (Å²) in [6, 6.07) is 9.27. The van der Waals surface area contributed by atoms with Crippen LogP contribution in [-0.4, -0.2) is 24.7 Å². The monoisotopic (exact) mass is 387 g/mol. The van der Waals surface area contributed by atoms with Gasteiger partial charge >= 0.3 is 6.18 Å². The number of hydrogen-bond donors (Lipinski definition) is 0. The van der Waals surface area contributed by atoms with Crippen molar-refractivity contribution in [3.8, 4) is 6.07 Å². The van der Waals surface area contributed by atoms with Crippen LogP contribution < -0.4 is 4.90 Å². The van der Waals surface area contributed by atoms with E-state index in [2.05, 4.69) is 6.07 Å². The smallest absolute Gasteiger partial charge is 0.370 e. The Hall–Kier alpha value is -2.59. The first-order valence-electron chi connectivity index (χ1n) is 9.42. The van der Waals surface area contributed by atoms with Crippen molar-refractivity contribution in [1.29, 1.82) is 5.26 Å². The van der Waals surface area contributed by atoms with Crippen molar-refractivity contribution >= 4 is 5.82 Å². The Kier molecular flexibility index (Phi) is 4.98. The van der Waals surface area contributed by atoms with Crippen LogP contribution in [0.2, 0.25) is 0 Å². The number of nitriles is 1. The molecule has 1 atom stereocenters. The number of morpholine rings is 1. The summed E-state index contributed by atoms with van der Waals surface area (Å²) >= 11 is 0. The highest BCUT2D eigenvalue weighted by atomic mass is 19.4. The van der Waals surface area contributed by atoms with Crippen molar-refractivity contribution in [2.45, 2.75) is 38.0 Å². The normalized spacial score (nSPS) is 19.8. The summed E-state index contributed by atoms with van der Waals surface area (Å²) in [5, 5.41) is 9.59. The fraction of sp³-hybridized carbons (Fsp3) is 0.429. The predicted octanol–water partition coefficient (Wildman–Crippen LogP) is 4.43. The number of aryl methyl sites for hydroxylation is 2. The number of benzene rings is 1. The van der Waals surface area contributed by atoms with E-state index in [4.69, 9.17) is 9.72 Å². The number of pyridine rings is 1. The average Bonchev–Trinajstić information content (AvgIpc) is 2.72. The third-order valence-electron chi connectivity index (χ3n) is 5.38. The van der Waals surface area contributed by atoms with Crippen molar-refractivity contribution in [2.75, 3.05) is 24.6 Å². The molecule has 1 aromatic heterocycles. The van der Waals surface area contributed by atoms with Gasteiger partial charge < -0.3 is 9.64 Å². The second kappa shape index (κ2) is 7.44. The third-order valence-corrected chi connectivity index (χ3v) is 5.38. The molecule has 4 nitrogen and oxygen atoms in total. The van der Waals surface area contributed by atoms with E-state index in [9.17, 15) is 18.4 Å². The molecule has 1 saturated heterocycles. The number of aromatic nitrogens is 1. The minimum Gasteiger partial charge on any atom is -0.370 e. The first-order valence-corrected chi connectivity index (χ1v) is 9.42. The standard InChI is InChI=1S/C21H20F3N3O/c22-21(23,24)17-7-5-14(6-8-17)19-13-27(9-10-28-19)20-16(12-25)11-15-3-1-2-4-18(15)26-20/h5-8,11,19H,1-4,9-10,13H2. The molecule has 4 rings (SSSR count). The fourth-order valence-electron chi connectivity index (χ4n) is 3.88. The quantitative estimate of drug-likeness (QED) is 0.765. The topological polar surface area (TPSA) is 49.2 Å². The first-order chi connectivity index (χ1) is 13.5. The lowest BCUT2D eigenvalue weighted by Gasteiger charge is -2.35. The molecule has 0 amide bonds. The average molecular weight is 387 g/mol. The Morgan fingerprint density at radius 2 is 1.89 bits per heavy atom. The van der Waals surface area contributed by atoms with Crippen LogP contribution in [0.4, 0.5) is 19.0 Å². The molecule has 7 heteroatoms. The lowest BCUT2D eigenvalue weighted by molar-refractivity contribution is -0.137. The highest BCUT2D eigenvalue weighted by molar-refractivity contribution is 5.57. The van der Waals surface area contributed by atoms with Gasteiger partial charge in [-0.3, -0.25) is 0 Å². The van der Waals surface area contributed by atoms with Crippen molar-refractivity contribution in [2.24, 2.45) is 0 Å². The Labute approximate surface area is 161 Å². The van der Waals surface area contributed by atoms with Gasteiger partial charge in [0, 0.05) is 18.8 Å². The summed E-state index contributed by atoms with van der Waals surface area (Å²) in [6.45, 7) is 1.47. The van der Waals surface area contributed by atoms with Gasteiger partial charge in [-0.2, -0.15) is 18.4 Å². The third kappa shape index (κ3) is 3.69. The molecule has 2 heterocycles. The van der Waals surface area contributed by atoms with Gasteiger partial charge in [-0.05, 0) is 55.0 Å². The maximum atomic E-state index is 12.8. The van der Waals surface area contributed by atoms with E-state index in [1.54, 1.807) is 0 Å². The Bertz CT molecular complexity index is 903. The number of rotatable bonds is 2. The van der Waals surface area contributed by atoms with E-state index in [1.807, 2.05) is 11.0 Å². The number of fused-ring (bicyclic) bond motifs is 1. The van der Waals surface area contributed by atoms with E-state index in [0.29, 0.717) is 36.6 Å². The van der Waals surface area contributed by atoms with Crippen molar-refractivity contribution in [3.63, 3.8) is 0 Å². The van der Waals surface area contributed by atoms with E-state index >= 15 is 0 Å².